The Kier molecular flexibility index (Phi) is 6.29. The summed E-state index contributed by atoms with van der Waals surface area (Å²) in [6, 6.07) is 7.94. The number of ether oxygens (including phenoxy) is 2. The molecule has 0 spiro atoms. The number of hydrogen-bond donors (Lipinski definition) is 3. The van der Waals surface area contributed by atoms with E-state index in [4.69, 9.17) is 9.47 Å². The molecule has 3 rings (SSSR count). The highest BCUT2D eigenvalue weighted by atomic mass is 16.5. The summed E-state index contributed by atoms with van der Waals surface area (Å²) in [7, 11) is 3.16. The van der Waals surface area contributed by atoms with Gasteiger partial charge < -0.3 is 25.0 Å². The van der Waals surface area contributed by atoms with Gasteiger partial charge in [0.2, 0.25) is 0 Å². The maximum absolute atomic E-state index is 12.8. The highest BCUT2D eigenvalue weighted by molar-refractivity contribution is 5.97. The Balaban J connectivity index is 1.85. The molecular weight excluding hydrogens is 358 g/mol. The van der Waals surface area contributed by atoms with Gasteiger partial charge in [0, 0.05) is 24.2 Å². The van der Waals surface area contributed by atoms with Gasteiger partial charge in [0.05, 0.1) is 19.8 Å². The molecule has 1 saturated carbocycles. The number of methoxy groups -OCH3 is 2. The average Bonchev–Trinajstić information content (AvgIpc) is 2.72. The van der Waals surface area contributed by atoms with Crippen molar-refractivity contribution in [2.45, 2.75) is 44.6 Å². The minimum Gasteiger partial charge on any atom is -0.508 e. The molecule has 1 fully saturated rings. The monoisotopic (exact) mass is 385 g/mol. The molecular formula is C22H27NO5. The second kappa shape index (κ2) is 8.87. The maximum atomic E-state index is 12.8. The Hall–Kier alpha value is -2.89. The molecule has 28 heavy (non-hydrogen) atoms. The molecule has 1 aliphatic carbocycles. The SMILES string of the molecule is COc1cc(OC)c(C2CCCCC2)cc1C(=O)NCc1ccc(O)cc1O. The van der Waals surface area contributed by atoms with Crippen LogP contribution in [0.2, 0.25) is 0 Å². The second-order valence-electron chi connectivity index (χ2n) is 7.13. The van der Waals surface area contributed by atoms with Crippen LogP contribution in [0, 0.1) is 0 Å². The van der Waals surface area contributed by atoms with Crippen LogP contribution < -0.4 is 14.8 Å². The molecule has 3 N–H and O–H groups in total. The fraction of sp³-hybridized carbons (Fsp3) is 0.409. The van der Waals surface area contributed by atoms with Crippen molar-refractivity contribution in [1.82, 2.24) is 5.32 Å². The first-order valence-corrected chi connectivity index (χ1v) is 9.58. The summed E-state index contributed by atoms with van der Waals surface area (Å²) in [5.74, 6) is 1.19. The van der Waals surface area contributed by atoms with Gasteiger partial charge in [0.1, 0.15) is 23.0 Å². The van der Waals surface area contributed by atoms with Crippen molar-refractivity contribution in [2.75, 3.05) is 14.2 Å². The first kappa shape index (κ1) is 19.9. The summed E-state index contributed by atoms with van der Waals surface area (Å²) in [6.45, 7) is 0.138. The van der Waals surface area contributed by atoms with Crippen molar-refractivity contribution in [1.29, 1.82) is 0 Å². The minimum absolute atomic E-state index is 0.0264. The van der Waals surface area contributed by atoms with Gasteiger partial charge in [-0.15, -0.1) is 0 Å². The summed E-state index contributed by atoms with van der Waals surface area (Å²) in [6.07, 6.45) is 5.79. The molecule has 2 aromatic rings. The van der Waals surface area contributed by atoms with E-state index in [1.165, 1.54) is 38.5 Å². The van der Waals surface area contributed by atoms with Gasteiger partial charge in [-0.2, -0.15) is 0 Å². The molecule has 6 heteroatoms. The lowest BCUT2D eigenvalue weighted by atomic mass is 9.83. The molecule has 0 radical (unpaired) electrons. The summed E-state index contributed by atoms with van der Waals surface area (Å²) < 4.78 is 11.0. The van der Waals surface area contributed by atoms with E-state index in [2.05, 4.69) is 5.32 Å². The van der Waals surface area contributed by atoms with Crippen LogP contribution in [-0.4, -0.2) is 30.3 Å². The Morgan fingerprint density at radius 1 is 1.04 bits per heavy atom. The van der Waals surface area contributed by atoms with Gasteiger partial charge in [-0.05, 0) is 42.5 Å². The van der Waals surface area contributed by atoms with Crippen molar-refractivity contribution in [3.05, 3.63) is 47.0 Å². The van der Waals surface area contributed by atoms with E-state index in [0.29, 0.717) is 22.8 Å². The van der Waals surface area contributed by atoms with E-state index < -0.39 is 0 Å². The van der Waals surface area contributed by atoms with Crippen LogP contribution in [0.5, 0.6) is 23.0 Å². The molecule has 150 valence electrons. The van der Waals surface area contributed by atoms with Crippen molar-refractivity contribution < 1.29 is 24.5 Å². The number of hydrogen-bond acceptors (Lipinski definition) is 5. The van der Waals surface area contributed by atoms with Gasteiger partial charge in [-0.3, -0.25) is 4.79 Å². The Morgan fingerprint density at radius 3 is 2.39 bits per heavy atom. The lowest BCUT2D eigenvalue weighted by Gasteiger charge is -2.25. The van der Waals surface area contributed by atoms with Crippen LogP contribution in [0.25, 0.3) is 0 Å². The Labute approximate surface area is 165 Å². The van der Waals surface area contributed by atoms with E-state index in [0.717, 1.165) is 24.2 Å². The first-order chi connectivity index (χ1) is 13.5. The molecule has 1 amide bonds. The number of rotatable bonds is 6. The summed E-state index contributed by atoms with van der Waals surface area (Å²) >= 11 is 0. The van der Waals surface area contributed by atoms with Crippen LogP contribution in [-0.2, 0) is 6.54 Å². The third-order valence-electron chi connectivity index (χ3n) is 5.35. The number of carbonyl (C=O) groups excluding carboxylic acids is 1. The summed E-state index contributed by atoms with van der Waals surface area (Å²) in [5.41, 5.74) is 2.01. The highest BCUT2D eigenvalue weighted by Gasteiger charge is 2.23. The van der Waals surface area contributed by atoms with Gasteiger partial charge in [-0.1, -0.05) is 19.3 Å². The molecule has 2 aromatic carbocycles. The normalized spacial score (nSPS) is 14.5. The van der Waals surface area contributed by atoms with Crippen molar-refractivity contribution in [3.8, 4) is 23.0 Å². The number of nitrogens with one attached hydrogen (secondary N) is 1. The number of phenols is 2. The van der Waals surface area contributed by atoms with Crippen molar-refractivity contribution in [2.24, 2.45) is 0 Å². The smallest absolute Gasteiger partial charge is 0.255 e. The van der Waals surface area contributed by atoms with E-state index in [1.807, 2.05) is 6.07 Å². The summed E-state index contributed by atoms with van der Waals surface area (Å²) in [5, 5.41) is 22.1. The molecule has 0 aromatic heterocycles. The lowest BCUT2D eigenvalue weighted by Crippen LogP contribution is -2.24. The topological polar surface area (TPSA) is 88.0 Å². The van der Waals surface area contributed by atoms with Crippen molar-refractivity contribution in [3.63, 3.8) is 0 Å². The fourth-order valence-electron chi connectivity index (χ4n) is 3.81. The largest absolute Gasteiger partial charge is 0.508 e. The van der Waals surface area contributed by atoms with Crippen LogP contribution in [0.1, 0.15) is 59.5 Å². The van der Waals surface area contributed by atoms with E-state index in [9.17, 15) is 15.0 Å². The van der Waals surface area contributed by atoms with Crippen molar-refractivity contribution >= 4 is 5.91 Å². The van der Waals surface area contributed by atoms with Gasteiger partial charge in [0.15, 0.2) is 0 Å². The molecule has 0 heterocycles. The zero-order valence-corrected chi connectivity index (χ0v) is 16.3. The zero-order valence-electron chi connectivity index (χ0n) is 16.3. The van der Waals surface area contributed by atoms with Crippen LogP contribution in [0.15, 0.2) is 30.3 Å². The summed E-state index contributed by atoms with van der Waals surface area (Å²) in [4.78, 5) is 12.8. The standard InChI is InChI=1S/C22H27NO5/c1-27-20-12-21(28-2)18(11-17(20)14-6-4-3-5-7-14)22(26)23-13-15-8-9-16(24)10-19(15)25/h8-12,14,24-25H,3-7,13H2,1-2H3,(H,23,26). The van der Waals surface area contributed by atoms with Gasteiger partial charge in [0.25, 0.3) is 5.91 Å². The molecule has 6 nitrogen and oxygen atoms in total. The zero-order chi connectivity index (χ0) is 20.1. The van der Waals surface area contributed by atoms with Crippen LogP contribution >= 0.6 is 0 Å². The Bertz CT molecular complexity index is 843. The van der Waals surface area contributed by atoms with Gasteiger partial charge >= 0.3 is 0 Å². The Morgan fingerprint density at radius 2 is 1.75 bits per heavy atom. The van der Waals surface area contributed by atoms with E-state index in [-0.39, 0.29) is 24.0 Å². The number of phenolic OH excluding ortho intramolecular Hbond substituents is 2. The second-order valence-corrected chi connectivity index (χ2v) is 7.13. The first-order valence-electron chi connectivity index (χ1n) is 9.58. The molecule has 0 unspecified atom stereocenters. The molecule has 0 aliphatic heterocycles. The maximum Gasteiger partial charge on any atom is 0.255 e. The number of amides is 1. The lowest BCUT2D eigenvalue weighted by molar-refractivity contribution is 0.0947. The average molecular weight is 385 g/mol. The molecule has 1 aliphatic rings. The van der Waals surface area contributed by atoms with Crippen LogP contribution in [0.4, 0.5) is 0 Å². The highest BCUT2D eigenvalue weighted by Crippen LogP contribution is 2.40. The van der Waals surface area contributed by atoms with Gasteiger partial charge in [-0.25, -0.2) is 0 Å². The number of aromatic hydroxyl groups is 2. The molecule has 0 saturated heterocycles. The molecule has 0 atom stereocenters. The number of benzene rings is 2. The third kappa shape index (κ3) is 4.32. The predicted octanol–water partition coefficient (Wildman–Crippen LogP) is 4.09. The van der Waals surface area contributed by atoms with E-state index >= 15 is 0 Å². The predicted molar refractivity (Wildman–Crippen MR) is 106 cm³/mol. The molecule has 0 bridgehead atoms. The minimum atomic E-state index is -0.288. The van der Waals surface area contributed by atoms with E-state index in [1.54, 1.807) is 19.2 Å². The quantitative estimate of drug-likeness (QED) is 0.697. The van der Waals surface area contributed by atoms with Crippen LogP contribution in [0.3, 0.4) is 0 Å². The third-order valence-corrected chi connectivity index (χ3v) is 5.35. The number of carbonyl (C=O) groups is 1. The fourth-order valence-corrected chi connectivity index (χ4v) is 3.81.